The molecule has 2 heterocycles. The number of morpholine rings is 1. The Kier molecular flexibility index (Phi) is 3.68. The van der Waals surface area contributed by atoms with Gasteiger partial charge in [0.05, 0.1) is 12.7 Å². The lowest BCUT2D eigenvalue weighted by Gasteiger charge is -2.34. The van der Waals surface area contributed by atoms with E-state index in [9.17, 15) is 4.39 Å². The second-order valence-electron chi connectivity index (χ2n) is 5.23. The quantitative estimate of drug-likeness (QED) is 0.887. The molecule has 19 heavy (non-hydrogen) atoms. The minimum Gasteiger partial charge on any atom is -0.489 e. The number of hydrogen-bond acceptors (Lipinski definition) is 4. The molecule has 104 valence electrons. The van der Waals surface area contributed by atoms with E-state index in [-0.39, 0.29) is 18.0 Å². The van der Waals surface area contributed by atoms with Gasteiger partial charge in [-0.3, -0.25) is 4.90 Å². The van der Waals surface area contributed by atoms with Gasteiger partial charge in [-0.1, -0.05) is 0 Å². The van der Waals surface area contributed by atoms with Crippen LogP contribution < -0.4 is 10.5 Å². The van der Waals surface area contributed by atoms with Crippen LogP contribution in [0.3, 0.4) is 0 Å². The van der Waals surface area contributed by atoms with Crippen LogP contribution in [0.15, 0.2) is 24.3 Å². The Balaban J connectivity index is 1.58. The van der Waals surface area contributed by atoms with Crippen molar-refractivity contribution >= 4 is 0 Å². The van der Waals surface area contributed by atoms with Gasteiger partial charge in [-0.25, -0.2) is 4.39 Å². The van der Waals surface area contributed by atoms with E-state index < -0.39 is 0 Å². The van der Waals surface area contributed by atoms with Gasteiger partial charge in [0, 0.05) is 32.1 Å². The van der Waals surface area contributed by atoms with Crippen molar-refractivity contribution in [2.75, 3.05) is 26.2 Å². The highest BCUT2D eigenvalue weighted by Crippen LogP contribution is 2.26. The van der Waals surface area contributed by atoms with Gasteiger partial charge in [0.2, 0.25) is 0 Å². The summed E-state index contributed by atoms with van der Waals surface area (Å²) < 4.78 is 24.4. The van der Waals surface area contributed by atoms with E-state index in [1.165, 1.54) is 12.1 Å². The van der Waals surface area contributed by atoms with Crippen molar-refractivity contribution in [2.45, 2.75) is 24.7 Å². The van der Waals surface area contributed by atoms with Gasteiger partial charge < -0.3 is 15.2 Å². The van der Waals surface area contributed by atoms with E-state index in [0.29, 0.717) is 12.6 Å². The maximum atomic E-state index is 12.8. The summed E-state index contributed by atoms with van der Waals surface area (Å²) >= 11 is 0. The lowest BCUT2D eigenvalue weighted by molar-refractivity contribution is -0.0435. The minimum atomic E-state index is -0.240. The Hall–Kier alpha value is -1.17. The molecular weight excluding hydrogens is 247 g/mol. The first-order valence-electron chi connectivity index (χ1n) is 6.72. The van der Waals surface area contributed by atoms with E-state index in [2.05, 4.69) is 4.90 Å². The standard InChI is InChI=1S/C14H19FN2O2/c15-10-1-3-12(4-2-10)19-13-5-11-9-18-14(6-16)8-17(11)7-13/h1-4,11,13-14H,5-9,16H2/t11-,13-,14+/m0/s1. The molecule has 0 unspecified atom stereocenters. The zero-order valence-electron chi connectivity index (χ0n) is 10.8. The van der Waals surface area contributed by atoms with Gasteiger partial charge in [-0.05, 0) is 24.3 Å². The van der Waals surface area contributed by atoms with Crippen LogP contribution in [0.25, 0.3) is 0 Å². The lowest BCUT2D eigenvalue weighted by atomic mass is 10.1. The fourth-order valence-electron chi connectivity index (χ4n) is 2.83. The van der Waals surface area contributed by atoms with E-state index in [1.54, 1.807) is 12.1 Å². The van der Waals surface area contributed by atoms with Gasteiger partial charge in [-0.15, -0.1) is 0 Å². The van der Waals surface area contributed by atoms with Crippen molar-refractivity contribution in [2.24, 2.45) is 5.73 Å². The molecule has 2 N–H and O–H groups in total. The maximum Gasteiger partial charge on any atom is 0.123 e. The SMILES string of the molecule is NC[C@@H]1CN2C[C@@H](Oc3ccc(F)cc3)C[C@H]2CO1. The number of nitrogens with zero attached hydrogens (tertiary/aromatic N) is 1. The van der Waals surface area contributed by atoms with Crippen molar-refractivity contribution in [1.29, 1.82) is 0 Å². The third kappa shape index (κ3) is 2.88. The highest BCUT2D eigenvalue weighted by Gasteiger charge is 2.37. The largest absolute Gasteiger partial charge is 0.489 e. The predicted octanol–water partition coefficient (Wildman–Crippen LogP) is 1.00. The summed E-state index contributed by atoms with van der Waals surface area (Å²) in [4.78, 5) is 2.38. The molecule has 2 aliphatic rings. The van der Waals surface area contributed by atoms with Crippen LogP contribution in [0.1, 0.15) is 6.42 Å². The second-order valence-corrected chi connectivity index (χ2v) is 5.23. The maximum absolute atomic E-state index is 12.8. The van der Waals surface area contributed by atoms with Crippen molar-refractivity contribution in [1.82, 2.24) is 4.90 Å². The van der Waals surface area contributed by atoms with Gasteiger partial charge >= 0.3 is 0 Å². The smallest absolute Gasteiger partial charge is 0.123 e. The average molecular weight is 266 g/mol. The summed E-state index contributed by atoms with van der Waals surface area (Å²) in [5.41, 5.74) is 5.64. The number of halogens is 1. The van der Waals surface area contributed by atoms with Crippen LogP contribution in [-0.2, 0) is 4.74 Å². The zero-order valence-corrected chi connectivity index (χ0v) is 10.8. The molecule has 2 saturated heterocycles. The fourth-order valence-corrected chi connectivity index (χ4v) is 2.83. The highest BCUT2D eigenvalue weighted by molar-refractivity contribution is 5.22. The van der Waals surface area contributed by atoms with Gasteiger partial charge in [0.25, 0.3) is 0 Å². The number of fused-ring (bicyclic) bond motifs is 1. The third-order valence-electron chi connectivity index (χ3n) is 3.83. The second kappa shape index (κ2) is 5.45. The highest BCUT2D eigenvalue weighted by atomic mass is 19.1. The van der Waals surface area contributed by atoms with Crippen LogP contribution >= 0.6 is 0 Å². The zero-order chi connectivity index (χ0) is 13.2. The summed E-state index contributed by atoms with van der Waals surface area (Å²) in [6.07, 6.45) is 1.24. The summed E-state index contributed by atoms with van der Waals surface area (Å²) in [7, 11) is 0. The van der Waals surface area contributed by atoms with Gasteiger partial charge in [-0.2, -0.15) is 0 Å². The molecule has 0 amide bonds. The number of hydrogen-bond donors (Lipinski definition) is 1. The monoisotopic (exact) mass is 266 g/mol. The van der Waals surface area contributed by atoms with Crippen molar-refractivity contribution in [3.63, 3.8) is 0 Å². The molecule has 0 saturated carbocycles. The van der Waals surface area contributed by atoms with Crippen LogP contribution in [-0.4, -0.2) is 49.4 Å². The first kappa shape index (κ1) is 12.8. The van der Waals surface area contributed by atoms with Crippen LogP contribution in [0, 0.1) is 5.82 Å². The molecule has 0 bridgehead atoms. The third-order valence-corrected chi connectivity index (χ3v) is 3.83. The van der Waals surface area contributed by atoms with E-state index >= 15 is 0 Å². The summed E-state index contributed by atoms with van der Waals surface area (Å²) in [5, 5.41) is 0. The molecular formula is C14H19FN2O2. The molecule has 0 spiro atoms. The average Bonchev–Trinajstić information content (AvgIpc) is 2.82. The molecule has 1 aromatic rings. The van der Waals surface area contributed by atoms with E-state index in [4.69, 9.17) is 15.2 Å². The van der Waals surface area contributed by atoms with Gasteiger partial charge in [0.1, 0.15) is 17.7 Å². The van der Waals surface area contributed by atoms with Crippen LogP contribution in [0.5, 0.6) is 5.75 Å². The van der Waals surface area contributed by atoms with Crippen molar-refractivity contribution < 1.29 is 13.9 Å². The molecule has 1 aromatic carbocycles. The number of benzene rings is 1. The van der Waals surface area contributed by atoms with Gasteiger partial charge in [0.15, 0.2) is 0 Å². The number of ether oxygens (including phenoxy) is 2. The van der Waals surface area contributed by atoms with E-state index in [0.717, 1.165) is 31.9 Å². The summed E-state index contributed by atoms with van der Waals surface area (Å²) in [6.45, 7) is 3.06. The summed E-state index contributed by atoms with van der Waals surface area (Å²) in [5.74, 6) is 0.484. The molecule has 4 nitrogen and oxygen atoms in total. The summed E-state index contributed by atoms with van der Waals surface area (Å²) in [6, 6.07) is 6.61. The number of nitrogens with two attached hydrogens (primary N) is 1. The fraction of sp³-hybridized carbons (Fsp3) is 0.571. The molecule has 5 heteroatoms. The molecule has 0 radical (unpaired) electrons. The first-order chi connectivity index (χ1) is 9.24. The normalized spacial score (nSPS) is 31.2. The Labute approximate surface area is 112 Å². The minimum absolute atomic E-state index is 0.140. The topological polar surface area (TPSA) is 47.7 Å². The Morgan fingerprint density at radius 1 is 1.32 bits per heavy atom. The molecule has 3 atom stereocenters. The molecule has 0 aliphatic carbocycles. The Morgan fingerprint density at radius 3 is 2.84 bits per heavy atom. The number of rotatable bonds is 3. The van der Waals surface area contributed by atoms with E-state index in [1.807, 2.05) is 0 Å². The van der Waals surface area contributed by atoms with Crippen LogP contribution in [0.2, 0.25) is 0 Å². The Morgan fingerprint density at radius 2 is 2.11 bits per heavy atom. The molecule has 3 rings (SSSR count). The van der Waals surface area contributed by atoms with Crippen LogP contribution in [0.4, 0.5) is 4.39 Å². The Bertz CT molecular complexity index is 426. The molecule has 2 aliphatic heterocycles. The van der Waals surface area contributed by atoms with Crippen molar-refractivity contribution in [3.05, 3.63) is 30.1 Å². The lowest BCUT2D eigenvalue weighted by Crippen LogP contribution is -2.48. The first-order valence-corrected chi connectivity index (χ1v) is 6.72. The predicted molar refractivity (Wildman–Crippen MR) is 69.6 cm³/mol. The molecule has 2 fully saturated rings. The molecule has 0 aromatic heterocycles. The van der Waals surface area contributed by atoms with Crippen molar-refractivity contribution in [3.8, 4) is 5.75 Å².